The molecule has 4 nitrogen and oxygen atoms in total. The van der Waals surface area contributed by atoms with Crippen molar-refractivity contribution in [3.05, 3.63) is 59.4 Å². The molecule has 0 aliphatic rings. The van der Waals surface area contributed by atoms with E-state index in [4.69, 9.17) is 5.26 Å². The van der Waals surface area contributed by atoms with E-state index in [1.54, 1.807) is 30.3 Å². The van der Waals surface area contributed by atoms with E-state index >= 15 is 0 Å². The maximum Gasteiger partial charge on any atom is 0.258 e. The number of aromatic nitrogens is 1. The van der Waals surface area contributed by atoms with Crippen molar-refractivity contribution in [3.63, 3.8) is 0 Å². The highest BCUT2D eigenvalue weighted by atomic mass is 16.2. The molecule has 0 spiro atoms. The van der Waals surface area contributed by atoms with Crippen molar-refractivity contribution in [1.82, 2.24) is 4.98 Å². The second-order valence-corrected chi connectivity index (χ2v) is 4.57. The van der Waals surface area contributed by atoms with Gasteiger partial charge in [-0.15, -0.1) is 0 Å². The number of carbonyl (C=O) groups excluding carboxylic acids is 1. The van der Waals surface area contributed by atoms with Crippen molar-refractivity contribution in [2.75, 3.05) is 11.9 Å². The highest BCUT2D eigenvalue weighted by Crippen LogP contribution is 2.16. The fraction of sp³-hybridized carbons (Fsp3) is 0.188. The summed E-state index contributed by atoms with van der Waals surface area (Å²) in [6.45, 7) is 2.00. The van der Waals surface area contributed by atoms with Crippen LogP contribution in [0, 0.1) is 18.3 Å². The van der Waals surface area contributed by atoms with Crippen LogP contribution in [0.25, 0.3) is 0 Å². The van der Waals surface area contributed by atoms with Crippen LogP contribution in [0.2, 0.25) is 0 Å². The summed E-state index contributed by atoms with van der Waals surface area (Å²) in [6.07, 6.45) is 1.76. The number of hydrogen-bond donors (Lipinski definition) is 0. The van der Waals surface area contributed by atoms with Crippen molar-refractivity contribution in [2.45, 2.75) is 13.3 Å². The zero-order chi connectivity index (χ0) is 14.5. The largest absolute Gasteiger partial charge is 0.311 e. The average molecular weight is 265 g/mol. The predicted octanol–water partition coefficient (Wildman–Crippen LogP) is 2.73. The van der Waals surface area contributed by atoms with Gasteiger partial charge in [-0.1, -0.05) is 17.7 Å². The third kappa shape index (κ3) is 3.01. The molecule has 0 N–H and O–H groups in total. The summed E-state index contributed by atoms with van der Waals surface area (Å²) in [5.74, 6) is -0.115. The molecular weight excluding hydrogens is 250 g/mol. The third-order valence-electron chi connectivity index (χ3n) is 3.05. The lowest BCUT2D eigenvalue weighted by Crippen LogP contribution is -2.26. The Balaban J connectivity index is 2.24. The third-order valence-corrected chi connectivity index (χ3v) is 3.05. The maximum atomic E-state index is 12.4. The SMILES string of the molecule is Cc1ccc(N(C)C(=O)c2ccnc(CC#N)c2)cc1. The van der Waals surface area contributed by atoms with Crippen LogP contribution in [0.4, 0.5) is 5.69 Å². The first-order chi connectivity index (χ1) is 9.61. The lowest BCUT2D eigenvalue weighted by molar-refractivity contribution is 0.0993. The molecule has 4 heteroatoms. The molecule has 0 saturated carbocycles. The number of pyridine rings is 1. The average Bonchev–Trinajstić information content (AvgIpc) is 2.47. The van der Waals surface area contributed by atoms with Gasteiger partial charge in [-0.25, -0.2) is 0 Å². The van der Waals surface area contributed by atoms with Gasteiger partial charge in [0.15, 0.2) is 0 Å². The minimum Gasteiger partial charge on any atom is -0.311 e. The zero-order valence-electron chi connectivity index (χ0n) is 11.5. The molecule has 0 fully saturated rings. The number of anilines is 1. The summed E-state index contributed by atoms with van der Waals surface area (Å²) in [7, 11) is 1.73. The van der Waals surface area contributed by atoms with Gasteiger partial charge in [-0.05, 0) is 31.2 Å². The summed E-state index contributed by atoms with van der Waals surface area (Å²) in [4.78, 5) is 18.1. The number of nitrogens with zero attached hydrogens (tertiary/aromatic N) is 3. The molecule has 2 aromatic rings. The minimum absolute atomic E-state index is 0.115. The van der Waals surface area contributed by atoms with Crippen LogP contribution in [-0.4, -0.2) is 17.9 Å². The number of aryl methyl sites for hydroxylation is 1. The van der Waals surface area contributed by atoms with Crippen LogP contribution >= 0.6 is 0 Å². The molecule has 0 aliphatic heterocycles. The molecule has 0 saturated heterocycles. The number of amides is 1. The second kappa shape index (κ2) is 5.98. The molecule has 1 aromatic carbocycles. The number of nitriles is 1. The molecule has 0 aliphatic carbocycles. The van der Waals surface area contributed by atoms with E-state index in [0.29, 0.717) is 11.3 Å². The van der Waals surface area contributed by atoms with Gasteiger partial charge in [0.05, 0.1) is 18.2 Å². The second-order valence-electron chi connectivity index (χ2n) is 4.57. The zero-order valence-corrected chi connectivity index (χ0v) is 11.5. The standard InChI is InChI=1S/C16H15N3O/c1-12-3-5-15(6-4-12)19(2)16(20)13-8-10-18-14(11-13)7-9-17/h3-6,8,10-11H,7H2,1-2H3. The molecule has 0 atom stereocenters. The Morgan fingerprint density at radius 1 is 1.30 bits per heavy atom. The topological polar surface area (TPSA) is 57.0 Å². The Morgan fingerprint density at radius 3 is 2.65 bits per heavy atom. The van der Waals surface area contributed by atoms with Crippen LogP contribution in [-0.2, 0) is 6.42 Å². The molecule has 20 heavy (non-hydrogen) atoms. The first-order valence-corrected chi connectivity index (χ1v) is 6.28. The monoisotopic (exact) mass is 265 g/mol. The van der Waals surface area contributed by atoms with E-state index in [9.17, 15) is 4.79 Å². The van der Waals surface area contributed by atoms with Crippen molar-refractivity contribution in [1.29, 1.82) is 5.26 Å². The van der Waals surface area contributed by atoms with Crippen molar-refractivity contribution < 1.29 is 4.79 Å². The summed E-state index contributed by atoms with van der Waals surface area (Å²) in [5.41, 5.74) is 3.12. The Kier molecular flexibility index (Phi) is 4.11. The number of rotatable bonds is 3. The molecular formula is C16H15N3O. The van der Waals surface area contributed by atoms with E-state index in [2.05, 4.69) is 4.98 Å². The van der Waals surface area contributed by atoms with Crippen LogP contribution < -0.4 is 4.90 Å². The lowest BCUT2D eigenvalue weighted by atomic mass is 10.1. The number of hydrogen-bond acceptors (Lipinski definition) is 3. The smallest absolute Gasteiger partial charge is 0.258 e. The molecule has 100 valence electrons. The van der Waals surface area contributed by atoms with Crippen molar-refractivity contribution in [2.24, 2.45) is 0 Å². The fourth-order valence-electron chi connectivity index (χ4n) is 1.87. The van der Waals surface area contributed by atoms with Crippen LogP contribution in [0.1, 0.15) is 21.6 Å². The van der Waals surface area contributed by atoms with Gasteiger partial charge >= 0.3 is 0 Å². The van der Waals surface area contributed by atoms with Crippen molar-refractivity contribution >= 4 is 11.6 Å². The first kappa shape index (κ1) is 13.8. The van der Waals surface area contributed by atoms with Gasteiger partial charge in [0, 0.05) is 24.5 Å². The Hall–Kier alpha value is -2.67. The summed E-state index contributed by atoms with van der Waals surface area (Å²) >= 11 is 0. The van der Waals surface area contributed by atoms with Gasteiger partial charge < -0.3 is 4.90 Å². The summed E-state index contributed by atoms with van der Waals surface area (Å²) in [5, 5.41) is 8.68. The summed E-state index contributed by atoms with van der Waals surface area (Å²) < 4.78 is 0. The Labute approximate surface area is 118 Å². The molecule has 1 amide bonds. The van der Waals surface area contributed by atoms with Gasteiger partial charge in [0.2, 0.25) is 0 Å². The highest BCUT2D eigenvalue weighted by Gasteiger charge is 2.14. The molecule has 0 radical (unpaired) electrons. The maximum absolute atomic E-state index is 12.4. The highest BCUT2D eigenvalue weighted by molar-refractivity contribution is 6.05. The fourth-order valence-corrected chi connectivity index (χ4v) is 1.87. The van der Waals surface area contributed by atoms with Crippen LogP contribution in [0.15, 0.2) is 42.6 Å². The molecule has 1 aromatic heterocycles. The van der Waals surface area contributed by atoms with Gasteiger partial charge in [-0.3, -0.25) is 9.78 Å². The Morgan fingerprint density at radius 2 is 2.00 bits per heavy atom. The van der Waals surface area contributed by atoms with Gasteiger partial charge in [-0.2, -0.15) is 5.26 Å². The quantitative estimate of drug-likeness (QED) is 0.857. The summed E-state index contributed by atoms with van der Waals surface area (Å²) in [6, 6.07) is 13.1. The van der Waals surface area contributed by atoms with E-state index in [-0.39, 0.29) is 12.3 Å². The normalized spacial score (nSPS) is 9.85. The molecule has 0 bridgehead atoms. The first-order valence-electron chi connectivity index (χ1n) is 6.28. The van der Waals surface area contributed by atoms with E-state index in [1.165, 1.54) is 0 Å². The van der Waals surface area contributed by atoms with Gasteiger partial charge in [0.1, 0.15) is 0 Å². The van der Waals surface area contributed by atoms with E-state index in [0.717, 1.165) is 11.3 Å². The minimum atomic E-state index is -0.115. The van der Waals surface area contributed by atoms with Crippen LogP contribution in [0.3, 0.4) is 0 Å². The lowest BCUT2D eigenvalue weighted by Gasteiger charge is -2.17. The Bertz CT molecular complexity index is 656. The predicted molar refractivity (Wildman–Crippen MR) is 77.5 cm³/mol. The van der Waals surface area contributed by atoms with E-state index in [1.807, 2.05) is 37.3 Å². The van der Waals surface area contributed by atoms with Crippen LogP contribution in [0.5, 0.6) is 0 Å². The van der Waals surface area contributed by atoms with Gasteiger partial charge in [0.25, 0.3) is 5.91 Å². The van der Waals surface area contributed by atoms with Crippen molar-refractivity contribution in [3.8, 4) is 6.07 Å². The number of carbonyl (C=O) groups is 1. The number of benzene rings is 1. The molecule has 2 rings (SSSR count). The molecule has 1 heterocycles. The van der Waals surface area contributed by atoms with E-state index < -0.39 is 0 Å². The molecule has 0 unspecified atom stereocenters.